The lowest BCUT2D eigenvalue weighted by Gasteiger charge is -2.20. The molecule has 0 aliphatic heterocycles. The molecule has 0 spiro atoms. The average Bonchev–Trinajstić information content (AvgIpc) is 2.95. The van der Waals surface area contributed by atoms with E-state index in [1.54, 1.807) is 17.3 Å². The second-order valence-corrected chi connectivity index (χ2v) is 5.98. The molecule has 2 aromatic heterocycles. The highest BCUT2D eigenvalue weighted by Crippen LogP contribution is 2.11. The number of aromatic nitrogens is 3. The van der Waals surface area contributed by atoms with Crippen molar-refractivity contribution < 1.29 is 4.79 Å². The zero-order valence-electron chi connectivity index (χ0n) is 14.3. The number of pyridine rings is 1. The molecule has 23 heavy (non-hydrogen) atoms. The van der Waals surface area contributed by atoms with Crippen LogP contribution in [-0.2, 0) is 13.6 Å². The molecule has 0 bridgehead atoms. The Morgan fingerprint density at radius 1 is 1.35 bits per heavy atom. The minimum absolute atomic E-state index is 0.0293. The van der Waals surface area contributed by atoms with E-state index in [9.17, 15) is 4.79 Å². The molecule has 0 saturated heterocycles. The van der Waals surface area contributed by atoms with Crippen molar-refractivity contribution in [3.63, 3.8) is 0 Å². The molecular weight excluding hydrogens is 290 g/mol. The Morgan fingerprint density at radius 2 is 2.13 bits per heavy atom. The Hall–Kier alpha value is -2.37. The number of amides is 1. The molecule has 0 aromatic carbocycles. The monoisotopic (exact) mass is 315 g/mol. The van der Waals surface area contributed by atoms with Crippen LogP contribution in [0, 0.1) is 5.92 Å². The normalized spacial score (nSPS) is 10.8. The van der Waals surface area contributed by atoms with Crippen LogP contribution in [0.2, 0.25) is 0 Å². The number of aryl methyl sites for hydroxylation is 1. The zero-order valence-corrected chi connectivity index (χ0v) is 14.3. The van der Waals surface area contributed by atoms with Crippen molar-refractivity contribution in [2.75, 3.05) is 18.4 Å². The minimum atomic E-state index is -0.0293. The van der Waals surface area contributed by atoms with Crippen molar-refractivity contribution in [2.45, 2.75) is 27.3 Å². The van der Waals surface area contributed by atoms with E-state index in [1.807, 2.05) is 36.9 Å². The smallest absolute Gasteiger partial charge is 0.255 e. The van der Waals surface area contributed by atoms with Gasteiger partial charge >= 0.3 is 0 Å². The molecule has 2 rings (SSSR count). The number of anilines is 1. The fourth-order valence-corrected chi connectivity index (χ4v) is 2.16. The lowest BCUT2D eigenvalue weighted by Crippen LogP contribution is -2.31. The maximum atomic E-state index is 12.6. The summed E-state index contributed by atoms with van der Waals surface area (Å²) in [7, 11) is 1.93. The molecule has 0 radical (unpaired) electrons. The van der Waals surface area contributed by atoms with Crippen molar-refractivity contribution >= 4 is 11.7 Å². The summed E-state index contributed by atoms with van der Waals surface area (Å²) >= 11 is 0. The van der Waals surface area contributed by atoms with Crippen molar-refractivity contribution in [2.24, 2.45) is 13.0 Å². The highest BCUT2D eigenvalue weighted by atomic mass is 16.2. The molecule has 6 heteroatoms. The van der Waals surface area contributed by atoms with Crippen LogP contribution in [0.5, 0.6) is 0 Å². The Kier molecular flexibility index (Phi) is 5.73. The number of carbonyl (C=O) groups excluding carboxylic acids is 1. The predicted molar refractivity (Wildman–Crippen MR) is 91.2 cm³/mol. The summed E-state index contributed by atoms with van der Waals surface area (Å²) in [5, 5.41) is 3.25. The van der Waals surface area contributed by atoms with E-state index in [4.69, 9.17) is 0 Å². The van der Waals surface area contributed by atoms with E-state index in [0.29, 0.717) is 24.6 Å². The van der Waals surface area contributed by atoms with Gasteiger partial charge in [-0.3, -0.25) is 4.79 Å². The fourth-order valence-electron chi connectivity index (χ4n) is 2.16. The summed E-state index contributed by atoms with van der Waals surface area (Å²) in [4.78, 5) is 23.0. The maximum Gasteiger partial charge on any atom is 0.255 e. The van der Waals surface area contributed by atoms with Gasteiger partial charge in [-0.25, -0.2) is 9.97 Å². The van der Waals surface area contributed by atoms with Gasteiger partial charge < -0.3 is 14.8 Å². The van der Waals surface area contributed by atoms with E-state index in [1.165, 1.54) is 0 Å². The Labute approximate surface area is 137 Å². The van der Waals surface area contributed by atoms with Crippen molar-refractivity contribution in [1.29, 1.82) is 0 Å². The zero-order chi connectivity index (χ0) is 16.8. The third-order valence-electron chi connectivity index (χ3n) is 3.62. The van der Waals surface area contributed by atoms with Crippen molar-refractivity contribution in [1.82, 2.24) is 19.4 Å². The number of carbonyl (C=O) groups is 1. The first kappa shape index (κ1) is 17.0. The maximum absolute atomic E-state index is 12.6. The quantitative estimate of drug-likeness (QED) is 0.853. The summed E-state index contributed by atoms with van der Waals surface area (Å²) in [6.07, 6.45) is 5.25. The van der Waals surface area contributed by atoms with Crippen LogP contribution in [0.25, 0.3) is 0 Å². The van der Waals surface area contributed by atoms with Crippen LogP contribution in [0.4, 0.5) is 5.82 Å². The van der Waals surface area contributed by atoms with Gasteiger partial charge in [-0.15, -0.1) is 0 Å². The second-order valence-electron chi connectivity index (χ2n) is 5.98. The van der Waals surface area contributed by atoms with E-state index in [0.717, 1.165) is 18.2 Å². The lowest BCUT2D eigenvalue weighted by molar-refractivity contribution is 0.0747. The average molecular weight is 315 g/mol. The molecule has 0 atom stereocenters. The largest absolute Gasteiger partial charge is 0.370 e. The van der Waals surface area contributed by atoms with Gasteiger partial charge in [0.05, 0.1) is 12.1 Å². The molecule has 0 fully saturated rings. The molecular formula is C17H25N5O. The topological polar surface area (TPSA) is 63.1 Å². The molecule has 124 valence electrons. The van der Waals surface area contributed by atoms with Gasteiger partial charge in [-0.05, 0) is 25.0 Å². The van der Waals surface area contributed by atoms with Crippen molar-refractivity contribution in [3.8, 4) is 0 Å². The molecule has 2 aromatic rings. The molecule has 0 unspecified atom stereocenters. The fraction of sp³-hybridized carbons (Fsp3) is 0.471. The van der Waals surface area contributed by atoms with Crippen LogP contribution in [-0.4, -0.2) is 38.4 Å². The van der Waals surface area contributed by atoms with Crippen LogP contribution in [0.15, 0.2) is 30.7 Å². The molecule has 0 saturated carbocycles. The van der Waals surface area contributed by atoms with E-state index >= 15 is 0 Å². The minimum Gasteiger partial charge on any atom is -0.370 e. The van der Waals surface area contributed by atoms with Crippen LogP contribution >= 0.6 is 0 Å². The van der Waals surface area contributed by atoms with Crippen LogP contribution in [0.1, 0.15) is 37.0 Å². The van der Waals surface area contributed by atoms with Crippen LogP contribution < -0.4 is 5.32 Å². The number of imidazole rings is 1. The number of hydrogen-bond acceptors (Lipinski definition) is 4. The molecule has 0 aliphatic carbocycles. The number of hydrogen-bond donors (Lipinski definition) is 1. The van der Waals surface area contributed by atoms with E-state index in [-0.39, 0.29) is 5.91 Å². The van der Waals surface area contributed by atoms with E-state index < -0.39 is 0 Å². The Balaban J connectivity index is 2.04. The van der Waals surface area contributed by atoms with Gasteiger partial charge in [0.25, 0.3) is 5.91 Å². The third-order valence-corrected chi connectivity index (χ3v) is 3.62. The van der Waals surface area contributed by atoms with Crippen LogP contribution in [0.3, 0.4) is 0 Å². The SMILES string of the molecule is CCN(Cc1nccn1C)C(=O)c1ccc(NCC(C)C)nc1. The molecule has 1 amide bonds. The summed E-state index contributed by atoms with van der Waals surface area (Å²) in [5.74, 6) is 2.18. The Morgan fingerprint density at radius 3 is 2.65 bits per heavy atom. The summed E-state index contributed by atoms with van der Waals surface area (Å²) < 4.78 is 1.92. The summed E-state index contributed by atoms with van der Waals surface area (Å²) in [6, 6.07) is 3.67. The summed E-state index contributed by atoms with van der Waals surface area (Å²) in [6.45, 7) is 8.22. The van der Waals surface area contributed by atoms with Gasteiger partial charge in [0, 0.05) is 38.7 Å². The standard InChI is InChI=1S/C17H25N5O/c1-5-22(12-16-18-8-9-21(16)4)17(23)14-6-7-15(20-11-14)19-10-13(2)3/h6-9,11,13H,5,10,12H2,1-4H3,(H,19,20). The summed E-state index contributed by atoms with van der Waals surface area (Å²) in [5.41, 5.74) is 0.594. The first-order chi connectivity index (χ1) is 11.0. The number of nitrogens with zero attached hydrogens (tertiary/aromatic N) is 4. The molecule has 0 aliphatic rings. The third kappa shape index (κ3) is 4.55. The highest BCUT2D eigenvalue weighted by molar-refractivity contribution is 5.94. The van der Waals surface area contributed by atoms with Gasteiger partial charge in [0.1, 0.15) is 11.6 Å². The lowest BCUT2D eigenvalue weighted by atomic mass is 10.2. The molecule has 2 heterocycles. The molecule has 1 N–H and O–H groups in total. The first-order valence-electron chi connectivity index (χ1n) is 7.96. The molecule has 6 nitrogen and oxygen atoms in total. The predicted octanol–water partition coefficient (Wildman–Crippen LogP) is 2.55. The number of rotatable bonds is 7. The van der Waals surface area contributed by atoms with Gasteiger partial charge in [0.2, 0.25) is 0 Å². The highest BCUT2D eigenvalue weighted by Gasteiger charge is 2.16. The van der Waals surface area contributed by atoms with Gasteiger partial charge in [0.15, 0.2) is 0 Å². The first-order valence-corrected chi connectivity index (χ1v) is 7.96. The van der Waals surface area contributed by atoms with Crippen molar-refractivity contribution in [3.05, 3.63) is 42.1 Å². The second kappa shape index (κ2) is 7.76. The Bertz CT molecular complexity index is 633. The van der Waals surface area contributed by atoms with Gasteiger partial charge in [-0.2, -0.15) is 0 Å². The number of nitrogens with one attached hydrogen (secondary N) is 1. The van der Waals surface area contributed by atoms with E-state index in [2.05, 4.69) is 29.1 Å². The van der Waals surface area contributed by atoms with Gasteiger partial charge in [-0.1, -0.05) is 13.8 Å².